The summed E-state index contributed by atoms with van der Waals surface area (Å²) in [6.07, 6.45) is 7.33. The van der Waals surface area contributed by atoms with Gasteiger partial charge in [0, 0.05) is 19.5 Å². The predicted octanol–water partition coefficient (Wildman–Crippen LogP) is 2.98. The molecule has 3 aromatic rings. The Morgan fingerprint density at radius 2 is 0.724 bits per heavy atom. The van der Waals surface area contributed by atoms with Crippen molar-refractivity contribution in [3.8, 4) is 0 Å². The van der Waals surface area contributed by atoms with Gasteiger partial charge in [0.2, 0.25) is 0 Å². The van der Waals surface area contributed by atoms with Crippen LogP contribution in [0.5, 0.6) is 0 Å². The average molecular weight is 436 g/mol. The average Bonchev–Trinajstić information content (AvgIpc) is 3.49. The van der Waals surface area contributed by atoms with Crippen molar-refractivity contribution < 1.29 is 19.5 Å². The zero-order chi connectivity index (χ0) is 19.4. The summed E-state index contributed by atoms with van der Waals surface area (Å²) < 4.78 is 0. The minimum absolute atomic E-state index is 0. The summed E-state index contributed by atoms with van der Waals surface area (Å²) in [6, 6.07) is 7.44. The fraction of sp³-hybridized carbons (Fsp3) is 0. The van der Waals surface area contributed by atoms with Crippen LogP contribution in [0.1, 0.15) is 22.8 Å². The van der Waals surface area contributed by atoms with E-state index < -0.39 is 0 Å². The number of nitrogens with one attached hydrogen (secondary N) is 2. The molecule has 9 heteroatoms. The summed E-state index contributed by atoms with van der Waals surface area (Å²) in [5, 5.41) is 0. The molecular formula is C20H18N8Zn. The number of H-pyrrole nitrogens is 2. The molecule has 29 heavy (non-hydrogen) atoms. The topological polar surface area (TPSA) is 161 Å². The van der Waals surface area contributed by atoms with Crippen LogP contribution < -0.4 is 22.9 Å². The zero-order valence-corrected chi connectivity index (χ0v) is 18.5. The van der Waals surface area contributed by atoms with Gasteiger partial charge in [-0.05, 0) is 48.6 Å². The van der Waals surface area contributed by atoms with Crippen LogP contribution in [0.15, 0.2) is 24.3 Å². The van der Waals surface area contributed by atoms with Gasteiger partial charge in [0.15, 0.2) is 0 Å². The summed E-state index contributed by atoms with van der Waals surface area (Å²) in [7, 11) is 0. The molecule has 0 fully saturated rings. The van der Waals surface area contributed by atoms with Crippen LogP contribution in [-0.4, -0.2) is 19.9 Å². The normalized spacial score (nSPS) is 12.1. The van der Waals surface area contributed by atoms with Gasteiger partial charge in [0.05, 0.1) is 67.6 Å². The van der Waals surface area contributed by atoms with Crippen molar-refractivity contribution in [2.45, 2.75) is 0 Å². The van der Waals surface area contributed by atoms with E-state index in [1.54, 1.807) is 0 Å². The molecule has 0 atom stereocenters. The third-order valence-corrected chi connectivity index (χ3v) is 4.92. The van der Waals surface area contributed by atoms with Crippen molar-refractivity contribution in [2.75, 3.05) is 22.9 Å². The van der Waals surface area contributed by atoms with Gasteiger partial charge < -0.3 is 32.9 Å². The summed E-state index contributed by atoms with van der Waals surface area (Å²) in [4.78, 5) is 15.6. The molecule has 10 N–H and O–H groups in total. The fourth-order valence-electron chi connectivity index (χ4n) is 3.29. The number of hydrogen-bond acceptors (Lipinski definition) is 6. The predicted molar refractivity (Wildman–Crippen MR) is 117 cm³/mol. The van der Waals surface area contributed by atoms with E-state index in [0.29, 0.717) is 67.6 Å². The van der Waals surface area contributed by atoms with E-state index in [1.165, 1.54) is 0 Å². The monoisotopic (exact) mass is 434 g/mol. The van der Waals surface area contributed by atoms with Crippen LogP contribution >= 0.6 is 0 Å². The second kappa shape index (κ2) is 6.79. The minimum atomic E-state index is 0. The van der Waals surface area contributed by atoms with E-state index >= 15 is 0 Å². The molecule has 5 heterocycles. The third-order valence-electron chi connectivity index (χ3n) is 4.92. The van der Waals surface area contributed by atoms with E-state index in [-0.39, 0.29) is 19.5 Å². The van der Waals surface area contributed by atoms with Crippen LogP contribution in [-0.2, 0) is 19.5 Å². The number of aromatic nitrogens is 4. The molecule has 140 valence electrons. The Balaban J connectivity index is 0.00000205. The fourth-order valence-corrected chi connectivity index (χ4v) is 3.29. The van der Waals surface area contributed by atoms with Crippen molar-refractivity contribution in [3.05, 3.63) is 47.0 Å². The Morgan fingerprint density at radius 3 is 0.966 bits per heavy atom. The van der Waals surface area contributed by atoms with Gasteiger partial charge in [-0.3, -0.25) is 0 Å². The molecule has 8 nitrogen and oxygen atoms in total. The van der Waals surface area contributed by atoms with Crippen molar-refractivity contribution in [3.63, 3.8) is 0 Å². The first-order chi connectivity index (χ1) is 13.5. The Hall–Kier alpha value is -3.58. The van der Waals surface area contributed by atoms with E-state index in [1.807, 2.05) is 48.6 Å². The third kappa shape index (κ3) is 2.96. The molecule has 5 rings (SSSR count). The molecule has 0 spiro atoms. The number of anilines is 4. The van der Waals surface area contributed by atoms with E-state index in [2.05, 4.69) is 19.9 Å². The molecule has 8 bridgehead atoms. The molecule has 3 aromatic heterocycles. The maximum atomic E-state index is 6.31. The molecule has 0 radical (unpaired) electrons. The largest absolute Gasteiger partial charge is 0.395 e. The quantitative estimate of drug-likeness (QED) is 0.205. The number of rotatable bonds is 0. The molecule has 0 saturated carbocycles. The number of nitrogen functional groups attached to an aromatic ring is 4. The Bertz CT molecular complexity index is 1160. The maximum absolute atomic E-state index is 6.31. The molecular weight excluding hydrogens is 418 g/mol. The summed E-state index contributed by atoms with van der Waals surface area (Å²) in [5.41, 5.74) is 32.6. The minimum Gasteiger partial charge on any atom is -0.395 e. The number of hydrogen-bond donors (Lipinski definition) is 6. The van der Waals surface area contributed by atoms with E-state index in [9.17, 15) is 0 Å². The molecule has 0 unspecified atom stereocenters. The summed E-state index contributed by atoms with van der Waals surface area (Å²) in [6.45, 7) is 0. The summed E-state index contributed by atoms with van der Waals surface area (Å²) in [5.74, 6) is 0. The van der Waals surface area contributed by atoms with Gasteiger partial charge in [-0.25, -0.2) is 9.97 Å². The Morgan fingerprint density at radius 1 is 0.483 bits per heavy atom. The van der Waals surface area contributed by atoms with Crippen LogP contribution in [0.3, 0.4) is 0 Å². The molecule has 0 aliphatic carbocycles. The van der Waals surface area contributed by atoms with Gasteiger partial charge >= 0.3 is 0 Å². The first-order valence-electron chi connectivity index (χ1n) is 8.69. The first kappa shape index (κ1) is 18.8. The van der Waals surface area contributed by atoms with E-state index in [0.717, 1.165) is 0 Å². The summed E-state index contributed by atoms with van der Waals surface area (Å²) >= 11 is 0. The molecule has 0 aromatic carbocycles. The number of nitrogens with zero attached hydrogens (tertiary/aromatic N) is 2. The molecule has 2 aliphatic heterocycles. The standard InChI is InChI=1S/C20H18N8.Zn/c21-17-9-1-2-10(25-9)18(22)12-5-6-14(27-12)20(24)16-8-7-15(28-16)19(23)13-4-3-11(17)26-13;/h1-8,25,28H,21-24H2;. The first-order valence-corrected chi connectivity index (χ1v) is 8.69. The van der Waals surface area contributed by atoms with Crippen molar-refractivity contribution in [2.24, 2.45) is 0 Å². The molecule has 0 amide bonds. The van der Waals surface area contributed by atoms with Gasteiger partial charge in [-0.2, -0.15) is 0 Å². The van der Waals surface area contributed by atoms with Gasteiger partial charge in [-0.1, -0.05) is 0 Å². The second-order valence-electron chi connectivity index (χ2n) is 6.66. The van der Waals surface area contributed by atoms with Gasteiger partial charge in [-0.15, -0.1) is 0 Å². The Labute approximate surface area is 178 Å². The number of nitrogens with two attached hydrogens (primary N) is 4. The van der Waals surface area contributed by atoms with Crippen molar-refractivity contribution >= 4 is 69.1 Å². The SMILES string of the molecule is Nc1c2nc(c(N)c3ccc([nH]3)c(N)c3nc(c(N)c4ccc1[nH]4)C=C3)C=C2.[Zn]. The number of aromatic amines is 2. The van der Waals surface area contributed by atoms with Crippen molar-refractivity contribution in [1.29, 1.82) is 0 Å². The van der Waals surface area contributed by atoms with Crippen molar-refractivity contribution in [1.82, 2.24) is 19.9 Å². The second-order valence-corrected chi connectivity index (χ2v) is 6.66. The molecule has 0 saturated heterocycles. The number of fused-ring (bicyclic) bond motifs is 8. The molecule has 2 aliphatic rings. The van der Waals surface area contributed by atoms with Gasteiger partial charge in [0.25, 0.3) is 0 Å². The zero-order valence-electron chi connectivity index (χ0n) is 15.5. The van der Waals surface area contributed by atoms with Crippen LogP contribution in [0.2, 0.25) is 0 Å². The van der Waals surface area contributed by atoms with E-state index in [4.69, 9.17) is 22.9 Å². The van der Waals surface area contributed by atoms with Crippen LogP contribution in [0.4, 0.5) is 22.7 Å². The van der Waals surface area contributed by atoms with Gasteiger partial charge in [0.1, 0.15) is 0 Å². The van der Waals surface area contributed by atoms with Crippen LogP contribution in [0.25, 0.3) is 46.4 Å². The van der Waals surface area contributed by atoms with Crippen LogP contribution in [0, 0.1) is 0 Å². The smallest absolute Gasteiger partial charge is 0.0889 e. The maximum Gasteiger partial charge on any atom is 0.0889 e. The Kier molecular flexibility index (Phi) is 4.40.